The Bertz CT molecular complexity index is 326. The van der Waals surface area contributed by atoms with Crippen LogP contribution < -0.4 is 5.73 Å². The second-order valence-electron chi connectivity index (χ2n) is 6.73. The van der Waals surface area contributed by atoms with Crippen molar-refractivity contribution in [1.29, 1.82) is 5.41 Å². The first-order valence-electron chi connectivity index (χ1n) is 8.29. The van der Waals surface area contributed by atoms with E-state index in [-0.39, 0.29) is 11.5 Å². The zero-order valence-electron chi connectivity index (χ0n) is 13.2. The minimum Gasteiger partial charge on any atom is -0.387 e. The molecule has 0 aromatic rings. The molecule has 0 amide bonds. The highest BCUT2D eigenvalue weighted by Gasteiger charge is 2.41. The summed E-state index contributed by atoms with van der Waals surface area (Å²) in [6.07, 6.45) is 9.41. The molecule has 1 saturated heterocycles. The fourth-order valence-electron chi connectivity index (χ4n) is 3.69. The molecule has 2 rings (SSSR count). The third-order valence-corrected chi connectivity index (χ3v) is 5.08. The van der Waals surface area contributed by atoms with Crippen LogP contribution in [0.25, 0.3) is 0 Å². The minimum atomic E-state index is 0.139. The topological polar surface area (TPSA) is 62.3 Å². The van der Waals surface area contributed by atoms with Gasteiger partial charge in [0, 0.05) is 19.0 Å². The van der Waals surface area contributed by atoms with Gasteiger partial charge in [-0.3, -0.25) is 5.41 Å². The van der Waals surface area contributed by atoms with Crippen molar-refractivity contribution in [2.75, 3.05) is 19.6 Å². The van der Waals surface area contributed by atoms with E-state index in [1.165, 1.54) is 44.9 Å². The van der Waals surface area contributed by atoms with E-state index in [2.05, 4.69) is 11.8 Å². The SMILES string of the molecule is CCN(CC1CCC2(CCCCC2)O1)CC(C)C(=N)N. The number of nitrogens with zero attached hydrogens (tertiary/aromatic N) is 1. The number of hydrogen-bond donors (Lipinski definition) is 2. The first kappa shape index (κ1) is 15.8. The maximum atomic E-state index is 7.53. The molecule has 1 spiro atoms. The van der Waals surface area contributed by atoms with Gasteiger partial charge in [-0.2, -0.15) is 0 Å². The Morgan fingerprint density at radius 2 is 2.05 bits per heavy atom. The van der Waals surface area contributed by atoms with Crippen LogP contribution in [0.3, 0.4) is 0 Å². The summed E-state index contributed by atoms with van der Waals surface area (Å²) < 4.78 is 6.44. The molecule has 0 aromatic carbocycles. The Kier molecular flexibility index (Phi) is 5.44. The van der Waals surface area contributed by atoms with Gasteiger partial charge in [0.15, 0.2) is 0 Å². The van der Waals surface area contributed by atoms with Gasteiger partial charge < -0.3 is 15.4 Å². The molecule has 0 aromatic heterocycles. The molecular formula is C16H31N3O. The average Bonchev–Trinajstić information content (AvgIpc) is 2.81. The van der Waals surface area contributed by atoms with E-state index in [0.29, 0.717) is 11.9 Å². The largest absolute Gasteiger partial charge is 0.387 e. The van der Waals surface area contributed by atoms with Crippen molar-refractivity contribution in [3.63, 3.8) is 0 Å². The molecule has 2 unspecified atom stereocenters. The third-order valence-electron chi connectivity index (χ3n) is 5.08. The van der Waals surface area contributed by atoms with Crippen molar-refractivity contribution >= 4 is 5.84 Å². The van der Waals surface area contributed by atoms with Crippen LogP contribution in [0.15, 0.2) is 0 Å². The van der Waals surface area contributed by atoms with Crippen molar-refractivity contribution in [2.24, 2.45) is 11.7 Å². The number of nitrogens with one attached hydrogen (secondary N) is 1. The molecule has 116 valence electrons. The Labute approximate surface area is 123 Å². The second kappa shape index (κ2) is 6.90. The Balaban J connectivity index is 1.81. The van der Waals surface area contributed by atoms with Crippen LogP contribution in [0.5, 0.6) is 0 Å². The molecule has 0 bridgehead atoms. The monoisotopic (exact) mass is 281 g/mol. The molecule has 1 aliphatic heterocycles. The molecular weight excluding hydrogens is 250 g/mol. The zero-order chi connectivity index (χ0) is 14.6. The van der Waals surface area contributed by atoms with Crippen LogP contribution >= 0.6 is 0 Å². The van der Waals surface area contributed by atoms with Gasteiger partial charge >= 0.3 is 0 Å². The van der Waals surface area contributed by atoms with Crippen molar-refractivity contribution in [3.05, 3.63) is 0 Å². The highest BCUT2D eigenvalue weighted by molar-refractivity contribution is 5.79. The molecule has 2 aliphatic rings. The fourth-order valence-corrected chi connectivity index (χ4v) is 3.69. The Hall–Kier alpha value is -0.610. The summed E-state index contributed by atoms with van der Waals surface area (Å²) in [7, 11) is 0. The van der Waals surface area contributed by atoms with E-state index in [4.69, 9.17) is 15.9 Å². The fraction of sp³-hybridized carbons (Fsp3) is 0.938. The maximum absolute atomic E-state index is 7.53. The number of rotatable bonds is 6. The molecule has 4 heteroatoms. The summed E-state index contributed by atoms with van der Waals surface area (Å²) >= 11 is 0. The van der Waals surface area contributed by atoms with Gasteiger partial charge in [-0.05, 0) is 32.2 Å². The normalized spacial score (nSPS) is 27.1. The second-order valence-corrected chi connectivity index (χ2v) is 6.73. The lowest BCUT2D eigenvalue weighted by molar-refractivity contribution is -0.0718. The summed E-state index contributed by atoms with van der Waals surface area (Å²) in [5.41, 5.74) is 5.80. The molecule has 0 radical (unpaired) electrons. The lowest BCUT2D eigenvalue weighted by Gasteiger charge is -2.34. The van der Waals surface area contributed by atoms with Gasteiger partial charge in [0.05, 0.1) is 17.5 Å². The lowest BCUT2D eigenvalue weighted by atomic mass is 9.83. The van der Waals surface area contributed by atoms with Gasteiger partial charge in [-0.15, -0.1) is 0 Å². The molecule has 3 N–H and O–H groups in total. The Morgan fingerprint density at radius 3 is 2.65 bits per heavy atom. The van der Waals surface area contributed by atoms with Crippen molar-refractivity contribution in [1.82, 2.24) is 4.90 Å². The van der Waals surface area contributed by atoms with Gasteiger partial charge in [0.2, 0.25) is 0 Å². The summed E-state index contributed by atoms with van der Waals surface area (Å²) in [5, 5.41) is 7.53. The van der Waals surface area contributed by atoms with E-state index >= 15 is 0 Å². The Morgan fingerprint density at radius 1 is 1.35 bits per heavy atom. The standard InChI is InChI=1S/C16H31N3O/c1-3-19(11-13(2)15(17)18)12-14-7-10-16(20-14)8-5-4-6-9-16/h13-14H,3-12H2,1-2H3,(H3,17,18). The van der Waals surface area contributed by atoms with Crippen LogP contribution in [0.2, 0.25) is 0 Å². The van der Waals surface area contributed by atoms with E-state index in [9.17, 15) is 0 Å². The number of likely N-dealkylation sites (N-methyl/N-ethyl adjacent to an activating group) is 1. The van der Waals surface area contributed by atoms with Gasteiger partial charge in [0.25, 0.3) is 0 Å². The average molecular weight is 281 g/mol. The van der Waals surface area contributed by atoms with Gasteiger partial charge in [-0.25, -0.2) is 0 Å². The van der Waals surface area contributed by atoms with E-state index in [1.807, 2.05) is 6.92 Å². The molecule has 2 fully saturated rings. The molecule has 4 nitrogen and oxygen atoms in total. The smallest absolute Gasteiger partial charge is 0.0947 e. The minimum absolute atomic E-state index is 0.139. The number of nitrogens with two attached hydrogens (primary N) is 1. The number of amidine groups is 1. The molecule has 1 aliphatic carbocycles. The van der Waals surface area contributed by atoms with Crippen LogP contribution in [0.4, 0.5) is 0 Å². The van der Waals surface area contributed by atoms with Crippen LogP contribution in [0, 0.1) is 11.3 Å². The summed E-state index contributed by atoms with van der Waals surface area (Å²) in [5.74, 6) is 0.430. The van der Waals surface area contributed by atoms with Crippen molar-refractivity contribution in [2.45, 2.75) is 70.5 Å². The number of ether oxygens (including phenoxy) is 1. The van der Waals surface area contributed by atoms with Crippen LogP contribution in [-0.4, -0.2) is 42.1 Å². The van der Waals surface area contributed by atoms with Gasteiger partial charge in [0.1, 0.15) is 0 Å². The van der Waals surface area contributed by atoms with E-state index in [0.717, 1.165) is 19.6 Å². The van der Waals surface area contributed by atoms with Crippen LogP contribution in [-0.2, 0) is 4.74 Å². The molecule has 2 atom stereocenters. The molecule has 20 heavy (non-hydrogen) atoms. The quantitative estimate of drug-likeness (QED) is 0.581. The maximum Gasteiger partial charge on any atom is 0.0947 e. The molecule has 1 heterocycles. The van der Waals surface area contributed by atoms with Crippen molar-refractivity contribution < 1.29 is 4.74 Å². The first-order chi connectivity index (χ1) is 9.54. The highest BCUT2D eigenvalue weighted by Crippen LogP contribution is 2.42. The first-order valence-corrected chi connectivity index (χ1v) is 8.29. The molecule has 1 saturated carbocycles. The highest BCUT2D eigenvalue weighted by atomic mass is 16.5. The van der Waals surface area contributed by atoms with E-state index < -0.39 is 0 Å². The van der Waals surface area contributed by atoms with Crippen molar-refractivity contribution in [3.8, 4) is 0 Å². The lowest BCUT2D eigenvalue weighted by Crippen LogP contribution is -2.40. The summed E-state index contributed by atoms with van der Waals surface area (Å²) in [6, 6.07) is 0. The predicted octanol–water partition coefficient (Wildman–Crippen LogP) is 2.76. The summed E-state index contributed by atoms with van der Waals surface area (Å²) in [6.45, 7) is 7.08. The number of hydrogen-bond acceptors (Lipinski definition) is 3. The van der Waals surface area contributed by atoms with Gasteiger partial charge in [-0.1, -0.05) is 33.1 Å². The summed E-state index contributed by atoms with van der Waals surface area (Å²) in [4.78, 5) is 2.39. The predicted molar refractivity (Wildman–Crippen MR) is 83.1 cm³/mol. The zero-order valence-corrected chi connectivity index (χ0v) is 13.2. The van der Waals surface area contributed by atoms with E-state index in [1.54, 1.807) is 0 Å². The van der Waals surface area contributed by atoms with Crippen LogP contribution in [0.1, 0.15) is 58.8 Å². The third kappa shape index (κ3) is 3.95.